The Hall–Kier alpha value is -0.860. The predicted octanol–water partition coefficient (Wildman–Crippen LogP) is 2.45. The molecule has 2 atom stereocenters. The average molecular weight is 180 g/mol. The van der Waals surface area contributed by atoms with Gasteiger partial charge in [-0.2, -0.15) is 0 Å². The summed E-state index contributed by atoms with van der Waals surface area (Å²) in [6, 6.07) is 7.82. The van der Waals surface area contributed by atoms with Crippen LogP contribution in [0.1, 0.15) is 37.2 Å². The molecule has 0 aliphatic carbocycles. The Labute approximate surface area is 79.2 Å². The van der Waals surface area contributed by atoms with Gasteiger partial charge >= 0.3 is 0 Å². The van der Waals surface area contributed by atoms with Crippen molar-refractivity contribution in [2.24, 2.45) is 0 Å². The van der Waals surface area contributed by atoms with Gasteiger partial charge in [0.25, 0.3) is 0 Å². The van der Waals surface area contributed by atoms with Gasteiger partial charge in [0.2, 0.25) is 0 Å². The second kappa shape index (κ2) is 4.40. The van der Waals surface area contributed by atoms with Crippen LogP contribution in [-0.2, 0) is 4.74 Å². The minimum Gasteiger partial charge on any atom is -0.389 e. The number of methoxy groups -OCH3 is 1. The second-order valence-corrected chi connectivity index (χ2v) is 3.22. The lowest BCUT2D eigenvalue weighted by molar-refractivity contribution is 0.119. The molecule has 0 bridgehead atoms. The number of rotatable bonds is 3. The molecule has 0 saturated heterocycles. The van der Waals surface area contributed by atoms with E-state index in [4.69, 9.17) is 4.74 Å². The fraction of sp³-hybridized carbons (Fsp3) is 0.455. The number of hydrogen-bond donors (Lipinski definition) is 1. The Morgan fingerprint density at radius 2 is 1.54 bits per heavy atom. The number of aliphatic hydroxyl groups is 1. The molecule has 2 nitrogen and oxygen atoms in total. The highest BCUT2D eigenvalue weighted by atomic mass is 16.5. The Morgan fingerprint density at radius 1 is 1.08 bits per heavy atom. The van der Waals surface area contributed by atoms with Gasteiger partial charge in [0, 0.05) is 7.11 Å². The maximum atomic E-state index is 9.28. The van der Waals surface area contributed by atoms with Crippen LogP contribution in [-0.4, -0.2) is 12.2 Å². The highest BCUT2D eigenvalue weighted by Gasteiger charge is 2.04. The van der Waals surface area contributed by atoms with Crippen molar-refractivity contribution in [3.63, 3.8) is 0 Å². The Balaban J connectivity index is 2.81. The topological polar surface area (TPSA) is 29.5 Å². The first-order chi connectivity index (χ1) is 6.15. The Bertz CT molecular complexity index is 251. The van der Waals surface area contributed by atoms with Crippen molar-refractivity contribution in [2.45, 2.75) is 26.1 Å². The van der Waals surface area contributed by atoms with Crippen molar-refractivity contribution in [1.29, 1.82) is 0 Å². The summed E-state index contributed by atoms with van der Waals surface area (Å²) in [4.78, 5) is 0. The van der Waals surface area contributed by atoms with E-state index in [0.717, 1.165) is 11.1 Å². The first-order valence-electron chi connectivity index (χ1n) is 4.46. The molecule has 0 saturated carbocycles. The van der Waals surface area contributed by atoms with Crippen LogP contribution >= 0.6 is 0 Å². The van der Waals surface area contributed by atoms with Crippen LogP contribution in [0.5, 0.6) is 0 Å². The Morgan fingerprint density at radius 3 is 1.92 bits per heavy atom. The maximum Gasteiger partial charge on any atom is 0.0793 e. The summed E-state index contributed by atoms with van der Waals surface area (Å²) >= 11 is 0. The lowest BCUT2D eigenvalue weighted by Crippen LogP contribution is -1.97. The molecule has 1 aromatic rings. The van der Waals surface area contributed by atoms with Crippen LogP contribution in [0.3, 0.4) is 0 Å². The van der Waals surface area contributed by atoms with Crippen molar-refractivity contribution >= 4 is 0 Å². The van der Waals surface area contributed by atoms with Crippen molar-refractivity contribution in [2.75, 3.05) is 7.11 Å². The maximum absolute atomic E-state index is 9.28. The highest BCUT2D eigenvalue weighted by molar-refractivity contribution is 5.25. The van der Waals surface area contributed by atoms with Crippen LogP contribution < -0.4 is 0 Å². The van der Waals surface area contributed by atoms with Gasteiger partial charge in [0.15, 0.2) is 0 Å². The number of aliphatic hydroxyl groups excluding tert-OH is 1. The van der Waals surface area contributed by atoms with Gasteiger partial charge in [-0.05, 0) is 25.0 Å². The molecule has 1 N–H and O–H groups in total. The summed E-state index contributed by atoms with van der Waals surface area (Å²) in [5, 5.41) is 9.28. The van der Waals surface area contributed by atoms with Gasteiger partial charge < -0.3 is 9.84 Å². The highest BCUT2D eigenvalue weighted by Crippen LogP contribution is 2.18. The van der Waals surface area contributed by atoms with Crippen LogP contribution in [0.15, 0.2) is 24.3 Å². The lowest BCUT2D eigenvalue weighted by Gasteiger charge is -2.11. The molecule has 13 heavy (non-hydrogen) atoms. The van der Waals surface area contributed by atoms with E-state index < -0.39 is 6.10 Å². The monoisotopic (exact) mass is 180 g/mol. The molecule has 1 aromatic carbocycles. The third kappa shape index (κ3) is 2.54. The molecule has 0 unspecified atom stereocenters. The zero-order chi connectivity index (χ0) is 9.84. The van der Waals surface area contributed by atoms with Gasteiger partial charge in [-0.3, -0.25) is 0 Å². The minimum absolute atomic E-state index is 0.114. The van der Waals surface area contributed by atoms with Crippen molar-refractivity contribution in [3.8, 4) is 0 Å². The van der Waals surface area contributed by atoms with E-state index in [0.29, 0.717) is 0 Å². The van der Waals surface area contributed by atoms with Crippen LogP contribution in [0.4, 0.5) is 0 Å². The quantitative estimate of drug-likeness (QED) is 0.774. The predicted molar refractivity (Wildman–Crippen MR) is 52.5 cm³/mol. The summed E-state index contributed by atoms with van der Waals surface area (Å²) in [6.45, 7) is 3.76. The zero-order valence-corrected chi connectivity index (χ0v) is 8.32. The molecule has 0 radical (unpaired) electrons. The molecule has 0 spiro atoms. The standard InChI is InChI=1S/C11H16O2/c1-8(12)10-4-6-11(7-5-10)9(2)13-3/h4-9,12H,1-3H3/t8-,9+/m1/s1. The molecule has 72 valence electrons. The fourth-order valence-electron chi connectivity index (χ4n) is 1.18. The summed E-state index contributed by atoms with van der Waals surface area (Å²) in [5.41, 5.74) is 2.07. The molecule has 0 heterocycles. The average Bonchev–Trinajstić information content (AvgIpc) is 2.17. The minimum atomic E-state index is -0.396. The van der Waals surface area contributed by atoms with E-state index in [9.17, 15) is 5.11 Å². The first-order valence-corrected chi connectivity index (χ1v) is 4.46. The van der Waals surface area contributed by atoms with Crippen LogP contribution in [0, 0.1) is 0 Å². The van der Waals surface area contributed by atoms with E-state index in [1.165, 1.54) is 0 Å². The van der Waals surface area contributed by atoms with Crippen LogP contribution in [0.25, 0.3) is 0 Å². The Kier molecular flexibility index (Phi) is 3.46. The molecule has 0 amide bonds. The zero-order valence-electron chi connectivity index (χ0n) is 8.32. The van der Waals surface area contributed by atoms with Gasteiger partial charge in [0.1, 0.15) is 0 Å². The lowest BCUT2D eigenvalue weighted by atomic mass is 10.1. The van der Waals surface area contributed by atoms with Gasteiger partial charge in [0.05, 0.1) is 12.2 Å². The summed E-state index contributed by atoms with van der Waals surface area (Å²) in [6.07, 6.45) is -0.282. The van der Waals surface area contributed by atoms with E-state index in [1.54, 1.807) is 14.0 Å². The van der Waals surface area contributed by atoms with Crippen LogP contribution in [0.2, 0.25) is 0 Å². The van der Waals surface area contributed by atoms with Crippen molar-refractivity contribution in [3.05, 3.63) is 35.4 Å². The first kappa shape index (κ1) is 10.2. The molecule has 0 aliphatic heterocycles. The van der Waals surface area contributed by atoms with E-state index >= 15 is 0 Å². The van der Waals surface area contributed by atoms with E-state index in [1.807, 2.05) is 31.2 Å². The smallest absolute Gasteiger partial charge is 0.0793 e. The van der Waals surface area contributed by atoms with Gasteiger partial charge in [-0.25, -0.2) is 0 Å². The molecule has 0 aromatic heterocycles. The van der Waals surface area contributed by atoms with Gasteiger partial charge in [-0.1, -0.05) is 24.3 Å². The van der Waals surface area contributed by atoms with Crippen molar-refractivity contribution < 1.29 is 9.84 Å². The summed E-state index contributed by atoms with van der Waals surface area (Å²) < 4.78 is 5.17. The molecule has 1 rings (SSSR count). The number of ether oxygens (including phenoxy) is 1. The molecular formula is C11H16O2. The summed E-state index contributed by atoms with van der Waals surface area (Å²) in [7, 11) is 1.69. The molecule has 2 heteroatoms. The molecule has 0 fully saturated rings. The summed E-state index contributed by atoms with van der Waals surface area (Å²) in [5.74, 6) is 0. The van der Waals surface area contributed by atoms with Crippen molar-refractivity contribution in [1.82, 2.24) is 0 Å². The van der Waals surface area contributed by atoms with Gasteiger partial charge in [-0.15, -0.1) is 0 Å². The number of benzene rings is 1. The fourth-order valence-corrected chi connectivity index (χ4v) is 1.18. The second-order valence-electron chi connectivity index (χ2n) is 3.22. The third-order valence-corrected chi connectivity index (χ3v) is 2.24. The van der Waals surface area contributed by atoms with E-state index in [-0.39, 0.29) is 6.10 Å². The SMILES string of the molecule is CO[C@@H](C)c1ccc([C@@H](C)O)cc1. The van der Waals surface area contributed by atoms with E-state index in [2.05, 4.69) is 0 Å². The molecule has 0 aliphatic rings. The third-order valence-electron chi connectivity index (χ3n) is 2.24. The largest absolute Gasteiger partial charge is 0.389 e. The molecular weight excluding hydrogens is 164 g/mol. The number of hydrogen-bond acceptors (Lipinski definition) is 2. The normalized spacial score (nSPS) is 15.4.